The van der Waals surface area contributed by atoms with Gasteiger partial charge in [0.1, 0.15) is 5.56 Å². The van der Waals surface area contributed by atoms with Gasteiger partial charge in [-0.05, 0) is 43.7 Å². The summed E-state index contributed by atoms with van der Waals surface area (Å²) in [6.07, 6.45) is 0. The van der Waals surface area contributed by atoms with Crippen molar-refractivity contribution in [1.29, 1.82) is 0 Å². The minimum Gasteiger partial charge on any atom is -0.305 e. The molecule has 1 amide bonds. The summed E-state index contributed by atoms with van der Waals surface area (Å²) < 4.78 is 1.56. The van der Waals surface area contributed by atoms with Crippen molar-refractivity contribution in [3.8, 4) is 11.3 Å². The molecule has 2 aromatic rings. The Balaban J connectivity index is 2.68. The zero-order chi connectivity index (χ0) is 15.6. The highest BCUT2D eigenvalue weighted by atomic mass is 35.5. The number of halogens is 1. The second-order valence-electron chi connectivity index (χ2n) is 4.88. The maximum absolute atomic E-state index is 12.5. The summed E-state index contributed by atoms with van der Waals surface area (Å²) in [6, 6.07) is 10.3. The average molecular weight is 306 g/mol. The topological polar surface area (TPSA) is 77.1 Å². The molecule has 0 saturated carbocycles. The van der Waals surface area contributed by atoms with Crippen molar-refractivity contribution in [3.05, 3.63) is 57.3 Å². The number of rotatable bonds is 3. The van der Waals surface area contributed by atoms with Crippen molar-refractivity contribution in [2.24, 2.45) is 5.84 Å². The third-order valence-corrected chi connectivity index (χ3v) is 3.40. The molecule has 0 atom stereocenters. The van der Waals surface area contributed by atoms with Crippen molar-refractivity contribution in [2.45, 2.75) is 19.9 Å². The van der Waals surface area contributed by atoms with Crippen LogP contribution in [0.15, 0.2) is 41.2 Å². The second kappa shape index (κ2) is 6.11. The van der Waals surface area contributed by atoms with Crippen LogP contribution in [0.3, 0.4) is 0 Å². The zero-order valence-electron chi connectivity index (χ0n) is 11.8. The van der Waals surface area contributed by atoms with Crippen LogP contribution in [0.1, 0.15) is 30.2 Å². The molecule has 0 aliphatic rings. The van der Waals surface area contributed by atoms with E-state index in [4.69, 9.17) is 17.4 Å². The number of nitrogens with zero attached hydrogens (tertiary/aromatic N) is 1. The van der Waals surface area contributed by atoms with Gasteiger partial charge in [-0.1, -0.05) is 23.7 Å². The molecule has 3 N–H and O–H groups in total. The number of nitrogen functional groups attached to an aromatic ring is 1. The van der Waals surface area contributed by atoms with E-state index >= 15 is 0 Å². The summed E-state index contributed by atoms with van der Waals surface area (Å²) in [6.45, 7) is 3.76. The van der Waals surface area contributed by atoms with E-state index in [-0.39, 0.29) is 17.2 Å². The molecule has 1 aromatic carbocycles. The van der Waals surface area contributed by atoms with E-state index in [1.165, 1.54) is 6.07 Å². The Morgan fingerprint density at radius 1 is 1.19 bits per heavy atom. The number of hydrogen-bond acceptors (Lipinski definition) is 3. The quantitative estimate of drug-likeness (QED) is 0.519. The van der Waals surface area contributed by atoms with Crippen molar-refractivity contribution in [2.75, 3.05) is 0 Å². The van der Waals surface area contributed by atoms with Crippen LogP contribution in [0.5, 0.6) is 0 Å². The fourth-order valence-electron chi connectivity index (χ4n) is 2.17. The Morgan fingerprint density at radius 3 is 2.33 bits per heavy atom. The lowest BCUT2D eigenvalue weighted by Crippen LogP contribution is -2.37. The minimum atomic E-state index is -0.600. The Kier molecular flexibility index (Phi) is 4.45. The van der Waals surface area contributed by atoms with Crippen molar-refractivity contribution in [1.82, 2.24) is 9.99 Å². The van der Waals surface area contributed by atoms with Gasteiger partial charge in [0.05, 0.1) is 5.69 Å². The van der Waals surface area contributed by atoms with Gasteiger partial charge in [-0.25, -0.2) is 5.84 Å². The summed E-state index contributed by atoms with van der Waals surface area (Å²) >= 11 is 5.88. The van der Waals surface area contributed by atoms with Gasteiger partial charge in [0.25, 0.3) is 11.5 Å². The van der Waals surface area contributed by atoms with Crippen LogP contribution in [0.25, 0.3) is 11.3 Å². The molecular formula is C15H16ClN3O2. The predicted octanol–water partition coefficient (Wildman–Crippen LogP) is 2.35. The third kappa shape index (κ3) is 2.99. The van der Waals surface area contributed by atoms with Crippen molar-refractivity contribution in [3.63, 3.8) is 0 Å². The lowest BCUT2D eigenvalue weighted by Gasteiger charge is -2.17. The second-order valence-corrected chi connectivity index (χ2v) is 5.32. The smallest absolute Gasteiger partial charge is 0.270 e. The van der Waals surface area contributed by atoms with E-state index in [2.05, 4.69) is 0 Å². The molecule has 0 aliphatic carbocycles. The van der Waals surface area contributed by atoms with Crippen LogP contribution in [0.4, 0.5) is 0 Å². The van der Waals surface area contributed by atoms with Gasteiger partial charge in [0.15, 0.2) is 0 Å². The lowest BCUT2D eigenvalue weighted by molar-refractivity contribution is 0.0951. The number of pyridine rings is 1. The first kappa shape index (κ1) is 15.3. The first-order chi connectivity index (χ1) is 9.95. The number of nitrogens with two attached hydrogens (primary N) is 1. The number of amides is 1. The number of nitrogens with one attached hydrogen (secondary N) is 1. The SMILES string of the molecule is CC(C)n1c(-c2ccc(Cl)cc2)ccc(C(=O)NN)c1=O. The maximum atomic E-state index is 12.5. The highest BCUT2D eigenvalue weighted by Crippen LogP contribution is 2.23. The van der Waals surface area contributed by atoms with Crippen LogP contribution < -0.4 is 16.8 Å². The molecule has 0 saturated heterocycles. The Labute approximate surface area is 127 Å². The third-order valence-electron chi connectivity index (χ3n) is 3.15. The van der Waals surface area contributed by atoms with Crippen molar-refractivity contribution < 1.29 is 4.79 Å². The van der Waals surface area contributed by atoms with Crippen LogP contribution >= 0.6 is 11.6 Å². The molecular weight excluding hydrogens is 290 g/mol. The maximum Gasteiger partial charge on any atom is 0.270 e. The van der Waals surface area contributed by atoms with E-state index in [1.54, 1.807) is 22.8 Å². The number of carbonyl (C=O) groups is 1. The van der Waals surface area contributed by atoms with Crippen LogP contribution in [0, 0.1) is 0 Å². The monoisotopic (exact) mass is 305 g/mol. The number of hydrazine groups is 1. The van der Waals surface area contributed by atoms with E-state index in [9.17, 15) is 9.59 Å². The molecule has 6 heteroatoms. The molecule has 1 aromatic heterocycles. The normalized spacial score (nSPS) is 10.7. The highest BCUT2D eigenvalue weighted by molar-refractivity contribution is 6.30. The van der Waals surface area contributed by atoms with Gasteiger partial charge in [-0.2, -0.15) is 0 Å². The van der Waals surface area contributed by atoms with Gasteiger partial charge in [-0.3, -0.25) is 15.0 Å². The molecule has 110 valence electrons. The van der Waals surface area contributed by atoms with Gasteiger partial charge in [-0.15, -0.1) is 0 Å². The number of benzene rings is 1. The number of aromatic nitrogens is 1. The van der Waals surface area contributed by atoms with Crippen molar-refractivity contribution >= 4 is 17.5 Å². The minimum absolute atomic E-state index is 0.0175. The largest absolute Gasteiger partial charge is 0.305 e. The van der Waals surface area contributed by atoms with Gasteiger partial charge >= 0.3 is 0 Å². The van der Waals surface area contributed by atoms with E-state index in [1.807, 2.05) is 31.4 Å². The van der Waals surface area contributed by atoms with Crippen LogP contribution in [-0.2, 0) is 0 Å². The fraction of sp³-hybridized carbons (Fsp3) is 0.200. The van der Waals surface area contributed by atoms with Crippen LogP contribution in [-0.4, -0.2) is 10.5 Å². The molecule has 0 aliphatic heterocycles. The highest BCUT2D eigenvalue weighted by Gasteiger charge is 2.16. The Bertz CT molecular complexity index is 721. The number of carbonyl (C=O) groups excluding carboxylic acids is 1. The molecule has 0 unspecified atom stereocenters. The first-order valence-corrected chi connectivity index (χ1v) is 6.86. The standard InChI is InChI=1S/C15H16ClN3O2/c1-9(2)19-13(10-3-5-11(16)6-4-10)8-7-12(15(19)21)14(20)18-17/h3-9H,17H2,1-2H3,(H,18,20). The van der Waals surface area contributed by atoms with E-state index in [0.29, 0.717) is 5.02 Å². The summed E-state index contributed by atoms with van der Waals surface area (Å²) in [5, 5.41) is 0.622. The lowest BCUT2D eigenvalue weighted by atomic mass is 10.1. The van der Waals surface area contributed by atoms with Gasteiger partial charge < -0.3 is 4.57 Å². The summed E-state index contributed by atoms with van der Waals surface area (Å²) in [5.41, 5.74) is 3.20. The zero-order valence-corrected chi connectivity index (χ0v) is 12.5. The molecule has 0 spiro atoms. The first-order valence-electron chi connectivity index (χ1n) is 6.48. The predicted molar refractivity (Wildman–Crippen MR) is 83.2 cm³/mol. The van der Waals surface area contributed by atoms with Gasteiger partial charge in [0.2, 0.25) is 0 Å². The Hall–Kier alpha value is -2.11. The van der Waals surface area contributed by atoms with E-state index in [0.717, 1.165) is 11.3 Å². The fourth-order valence-corrected chi connectivity index (χ4v) is 2.30. The Morgan fingerprint density at radius 2 is 1.81 bits per heavy atom. The molecule has 0 fully saturated rings. The molecule has 2 rings (SSSR count). The summed E-state index contributed by atoms with van der Waals surface area (Å²) in [5.74, 6) is 4.50. The van der Waals surface area contributed by atoms with Gasteiger partial charge in [0, 0.05) is 11.1 Å². The van der Waals surface area contributed by atoms with E-state index < -0.39 is 5.91 Å². The summed E-state index contributed by atoms with van der Waals surface area (Å²) in [7, 11) is 0. The molecule has 21 heavy (non-hydrogen) atoms. The molecule has 5 nitrogen and oxygen atoms in total. The molecule has 0 bridgehead atoms. The summed E-state index contributed by atoms with van der Waals surface area (Å²) in [4.78, 5) is 24.1. The average Bonchev–Trinajstić information content (AvgIpc) is 2.46. The molecule has 0 radical (unpaired) electrons. The van der Waals surface area contributed by atoms with Crippen LogP contribution in [0.2, 0.25) is 5.02 Å². The molecule has 1 heterocycles. The number of hydrogen-bond donors (Lipinski definition) is 2.